The van der Waals surface area contributed by atoms with Gasteiger partial charge in [0.2, 0.25) is 0 Å². The first-order valence-corrected chi connectivity index (χ1v) is 6.09. The van der Waals surface area contributed by atoms with E-state index in [-0.39, 0.29) is 5.82 Å². The zero-order chi connectivity index (χ0) is 14.1. The van der Waals surface area contributed by atoms with E-state index in [2.05, 4.69) is 4.98 Å². The van der Waals surface area contributed by atoms with Gasteiger partial charge in [0.25, 0.3) is 0 Å². The smallest absolute Gasteiger partial charge is 0.150 e. The predicted octanol–water partition coefficient (Wildman–Crippen LogP) is 3.44. The summed E-state index contributed by atoms with van der Waals surface area (Å²) in [4.78, 5) is 15.6. The number of aromatic nitrogens is 1. The lowest BCUT2D eigenvalue weighted by Gasteiger charge is -2.11. The molecule has 1 aromatic heterocycles. The number of nitrogens with two attached hydrogens (primary N) is 1. The van der Waals surface area contributed by atoms with Crippen LogP contribution in [0.1, 0.15) is 10.4 Å². The molecule has 3 nitrogen and oxygen atoms in total. The number of anilines is 1. The van der Waals surface area contributed by atoms with E-state index in [1.165, 1.54) is 12.1 Å². The Labute approximate surface area is 114 Å². The van der Waals surface area contributed by atoms with Crippen LogP contribution in [0.4, 0.5) is 10.1 Å². The standard InChI is InChI=1S/C16H11FN2O/c17-12-4-1-3-10(7-12)15-11(9-20)8-14(18)13-5-2-6-19-16(13)15/h1-9H,18H2. The van der Waals surface area contributed by atoms with Crippen molar-refractivity contribution in [3.05, 3.63) is 60.0 Å². The van der Waals surface area contributed by atoms with Crippen molar-refractivity contribution in [2.75, 3.05) is 5.73 Å². The highest BCUT2D eigenvalue weighted by Crippen LogP contribution is 2.33. The molecule has 0 spiro atoms. The minimum absolute atomic E-state index is 0.361. The summed E-state index contributed by atoms with van der Waals surface area (Å²) in [6.07, 6.45) is 2.34. The van der Waals surface area contributed by atoms with E-state index in [1.807, 2.05) is 6.07 Å². The zero-order valence-electron chi connectivity index (χ0n) is 10.5. The van der Waals surface area contributed by atoms with E-state index < -0.39 is 0 Å². The van der Waals surface area contributed by atoms with Gasteiger partial charge in [-0.25, -0.2) is 4.39 Å². The third-order valence-corrected chi connectivity index (χ3v) is 3.20. The fraction of sp³-hybridized carbons (Fsp3) is 0. The highest BCUT2D eigenvalue weighted by molar-refractivity contribution is 6.07. The van der Waals surface area contributed by atoms with Gasteiger partial charge in [-0.1, -0.05) is 12.1 Å². The van der Waals surface area contributed by atoms with Gasteiger partial charge in [0.05, 0.1) is 5.52 Å². The number of benzene rings is 2. The molecule has 2 N–H and O–H groups in total. The van der Waals surface area contributed by atoms with Crippen LogP contribution in [0.2, 0.25) is 0 Å². The van der Waals surface area contributed by atoms with Crippen LogP contribution in [0.25, 0.3) is 22.0 Å². The van der Waals surface area contributed by atoms with Crippen molar-refractivity contribution in [1.29, 1.82) is 0 Å². The highest BCUT2D eigenvalue weighted by atomic mass is 19.1. The van der Waals surface area contributed by atoms with E-state index in [0.717, 1.165) is 5.39 Å². The fourth-order valence-corrected chi connectivity index (χ4v) is 2.33. The van der Waals surface area contributed by atoms with E-state index in [4.69, 9.17) is 5.73 Å². The molecule has 0 aliphatic carbocycles. The van der Waals surface area contributed by atoms with E-state index in [0.29, 0.717) is 34.2 Å². The van der Waals surface area contributed by atoms with Gasteiger partial charge in [-0.15, -0.1) is 0 Å². The van der Waals surface area contributed by atoms with Crippen LogP contribution in [0, 0.1) is 5.82 Å². The second-order valence-corrected chi connectivity index (χ2v) is 4.46. The predicted molar refractivity (Wildman–Crippen MR) is 76.9 cm³/mol. The van der Waals surface area contributed by atoms with Crippen molar-refractivity contribution < 1.29 is 9.18 Å². The monoisotopic (exact) mass is 266 g/mol. The topological polar surface area (TPSA) is 56.0 Å². The third-order valence-electron chi connectivity index (χ3n) is 3.20. The largest absolute Gasteiger partial charge is 0.398 e. The molecule has 1 heterocycles. The minimum atomic E-state index is -0.361. The van der Waals surface area contributed by atoms with Crippen LogP contribution in [0.3, 0.4) is 0 Å². The quantitative estimate of drug-likeness (QED) is 0.571. The van der Waals surface area contributed by atoms with Crippen LogP contribution >= 0.6 is 0 Å². The fourth-order valence-electron chi connectivity index (χ4n) is 2.33. The Bertz CT molecular complexity index is 815. The Balaban J connectivity index is 2.44. The van der Waals surface area contributed by atoms with Crippen LogP contribution in [-0.2, 0) is 0 Å². The van der Waals surface area contributed by atoms with E-state index >= 15 is 0 Å². The summed E-state index contributed by atoms with van der Waals surface area (Å²) >= 11 is 0. The molecule has 0 saturated carbocycles. The molecule has 3 rings (SSSR count). The highest BCUT2D eigenvalue weighted by Gasteiger charge is 2.13. The molecule has 0 unspecified atom stereocenters. The number of aldehydes is 1. The summed E-state index contributed by atoms with van der Waals surface area (Å²) < 4.78 is 13.4. The molecule has 0 radical (unpaired) electrons. The molecule has 3 aromatic rings. The molecule has 0 aliphatic heterocycles. The summed E-state index contributed by atoms with van der Waals surface area (Å²) in [6, 6.07) is 11.3. The van der Waals surface area contributed by atoms with Crippen LogP contribution in [-0.4, -0.2) is 11.3 Å². The van der Waals surface area contributed by atoms with Crippen LogP contribution < -0.4 is 5.73 Å². The summed E-state index contributed by atoms with van der Waals surface area (Å²) in [5.74, 6) is -0.361. The van der Waals surface area contributed by atoms with Crippen LogP contribution in [0.5, 0.6) is 0 Å². The summed E-state index contributed by atoms with van der Waals surface area (Å²) in [5.41, 5.74) is 8.63. The molecular weight excluding hydrogens is 255 g/mol. The number of rotatable bonds is 2. The van der Waals surface area contributed by atoms with Crippen LogP contribution in [0.15, 0.2) is 48.7 Å². The first-order valence-electron chi connectivity index (χ1n) is 6.09. The normalized spacial score (nSPS) is 10.7. The number of nitrogens with zero attached hydrogens (tertiary/aromatic N) is 1. The Hall–Kier alpha value is -2.75. The number of hydrogen-bond donors (Lipinski definition) is 1. The molecule has 98 valence electrons. The molecule has 0 saturated heterocycles. The first kappa shape index (κ1) is 12.3. The summed E-state index contributed by atoms with van der Waals surface area (Å²) in [6.45, 7) is 0. The van der Waals surface area contributed by atoms with Gasteiger partial charge in [-0.2, -0.15) is 0 Å². The average molecular weight is 266 g/mol. The Morgan fingerprint density at radius 3 is 2.75 bits per heavy atom. The van der Waals surface area contributed by atoms with Gasteiger partial charge < -0.3 is 5.73 Å². The molecule has 2 aromatic carbocycles. The SMILES string of the molecule is Nc1cc(C=O)c(-c2cccc(F)c2)c2ncccc12. The number of carbonyl (C=O) groups is 1. The van der Waals surface area contributed by atoms with E-state index in [1.54, 1.807) is 30.5 Å². The number of nitrogen functional groups attached to an aromatic ring is 1. The number of fused-ring (bicyclic) bond motifs is 1. The lowest BCUT2D eigenvalue weighted by molar-refractivity contribution is 0.112. The zero-order valence-corrected chi connectivity index (χ0v) is 10.5. The molecule has 0 atom stereocenters. The molecule has 0 amide bonds. The van der Waals surface area contributed by atoms with Gasteiger partial charge in [-0.05, 0) is 35.9 Å². The van der Waals surface area contributed by atoms with Crippen molar-refractivity contribution in [1.82, 2.24) is 4.98 Å². The second-order valence-electron chi connectivity index (χ2n) is 4.46. The molecule has 0 fully saturated rings. The van der Waals surface area contributed by atoms with E-state index in [9.17, 15) is 9.18 Å². The Kier molecular flexibility index (Phi) is 2.91. The number of pyridine rings is 1. The number of hydrogen-bond acceptors (Lipinski definition) is 3. The molecule has 4 heteroatoms. The lowest BCUT2D eigenvalue weighted by atomic mass is 9.96. The van der Waals surface area contributed by atoms with Gasteiger partial charge in [0, 0.05) is 28.4 Å². The third kappa shape index (κ3) is 1.91. The molecule has 0 aliphatic rings. The van der Waals surface area contributed by atoms with Crippen molar-refractivity contribution in [3.8, 4) is 11.1 Å². The van der Waals surface area contributed by atoms with Crippen molar-refractivity contribution in [2.45, 2.75) is 0 Å². The van der Waals surface area contributed by atoms with Crippen molar-refractivity contribution in [3.63, 3.8) is 0 Å². The maximum atomic E-state index is 13.4. The Morgan fingerprint density at radius 1 is 1.15 bits per heavy atom. The van der Waals surface area contributed by atoms with Crippen molar-refractivity contribution >= 4 is 22.9 Å². The molecular formula is C16H11FN2O. The van der Waals surface area contributed by atoms with Gasteiger partial charge in [0.1, 0.15) is 5.82 Å². The van der Waals surface area contributed by atoms with Gasteiger partial charge in [0.15, 0.2) is 6.29 Å². The van der Waals surface area contributed by atoms with Crippen molar-refractivity contribution in [2.24, 2.45) is 0 Å². The van der Waals surface area contributed by atoms with Gasteiger partial charge >= 0.3 is 0 Å². The Morgan fingerprint density at radius 2 is 2.00 bits per heavy atom. The number of carbonyl (C=O) groups excluding carboxylic acids is 1. The first-order chi connectivity index (χ1) is 9.70. The minimum Gasteiger partial charge on any atom is -0.398 e. The lowest BCUT2D eigenvalue weighted by Crippen LogP contribution is -1.97. The maximum Gasteiger partial charge on any atom is 0.150 e. The van der Waals surface area contributed by atoms with Gasteiger partial charge in [-0.3, -0.25) is 9.78 Å². The molecule has 0 bridgehead atoms. The summed E-state index contributed by atoms with van der Waals surface area (Å²) in [5, 5.41) is 0.748. The average Bonchev–Trinajstić information content (AvgIpc) is 2.47. The number of halogens is 1. The maximum absolute atomic E-state index is 13.4. The second kappa shape index (κ2) is 4.74. The molecule has 20 heavy (non-hydrogen) atoms. The summed E-state index contributed by atoms with van der Waals surface area (Å²) in [7, 11) is 0.